The first-order valence-corrected chi connectivity index (χ1v) is 6.80. The second-order valence-corrected chi connectivity index (χ2v) is 5.06. The number of Topliss-reactive ketones (excluding diaryl/α,β-unsaturated/α-hetero) is 1. The molecule has 114 valence electrons. The van der Waals surface area contributed by atoms with Crippen molar-refractivity contribution in [2.24, 2.45) is 0 Å². The molecule has 0 bridgehead atoms. The van der Waals surface area contributed by atoms with Gasteiger partial charge in [0.15, 0.2) is 17.3 Å². The number of allylic oxidation sites excluding steroid dienone is 1. The van der Waals surface area contributed by atoms with Crippen molar-refractivity contribution >= 4 is 11.9 Å². The van der Waals surface area contributed by atoms with Crippen LogP contribution in [0.1, 0.15) is 33.7 Å². The Bertz CT molecular complexity index is 897. The number of carbonyl (C=O) groups is 1. The SMILES string of the molecule is N#Cc1nc(/C=C2\CCc3c(F)ccc(F)c3C2=O)ccc1F. The third-order valence-corrected chi connectivity index (χ3v) is 3.66. The highest BCUT2D eigenvalue weighted by atomic mass is 19.1. The summed E-state index contributed by atoms with van der Waals surface area (Å²) >= 11 is 0. The van der Waals surface area contributed by atoms with Crippen LogP contribution in [-0.2, 0) is 6.42 Å². The molecule has 1 aliphatic carbocycles. The predicted octanol–water partition coefficient (Wildman–Crippen LogP) is 3.58. The molecule has 0 saturated heterocycles. The van der Waals surface area contributed by atoms with E-state index < -0.39 is 23.2 Å². The Kier molecular flexibility index (Phi) is 3.70. The minimum atomic E-state index is -0.776. The fourth-order valence-corrected chi connectivity index (χ4v) is 2.55. The van der Waals surface area contributed by atoms with E-state index in [0.717, 1.165) is 18.2 Å². The smallest absolute Gasteiger partial charge is 0.192 e. The zero-order valence-corrected chi connectivity index (χ0v) is 11.7. The van der Waals surface area contributed by atoms with Crippen LogP contribution in [0.15, 0.2) is 29.8 Å². The Labute approximate surface area is 129 Å². The molecule has 0 aliphatic heterocycles. The average Bonchev–Trinajstić information content (AvgIpc) is 2.54. The lowest BCUT2D eigenvalue weighted by molar-refractivity contribution is 0.102. The van der Waals surface area contributed by atoms with Gasteiger partial charge in [-0.1, -0.05) is 0 Å². The second kappa shape index (κ2) is 5.69. The van der Waals surface area contributed by atoms with E-state index >= 15 is 0 Å². The summed E-state index contributed by atoms with van der Waals surface area (Å²) in [7, 11) is 0. The van der Waals surface area contributed by atoms with Gasteiger partial charge in [0.2, 0.25) is 0 Å². The van der Waals surface area contributed by atoms with Crippen molar-refractivity contribution in [3.05, 3.63) is 69.8 Å². The molecule has 2 aromatic rings. The minimum absolute atomic E-state index is 0.0666. The van der Waals surface area contributed by atoms with E-state index in [-0.39, 0.29) is 40.9 Å². The van der Waals surface area contributed by atoms with Gasteiger partial charge in [0.25, 0.3) is 0 Å². The van der Waals surface area contributed by atoms with Crippen molar-refractivity contribution in [2.45, 2.75) is 12.8 Å². The lowest BCUT2D eigenvalue weighted by Crippen LogP contribution is -2.17. The zero-order valence-electron chi connectivity index (χ0n) is 11.7. The molecule has 0 fully saturated rings. The van der Waals surface area contributed by atoms with Gasteiger partial charge >= 0.3 is 0 Å². The van der Waals surface area contributed by atoms with Crippen LogP contribution in [0.2, 0.25) is 0 Å². The summed E-state index contributed by atoms with van der Waals surface area (Å²) in [5.74, 6) is -2.77. The zero-order chi connectivity index (χ0) is 16.6. The van der Waals surface area contributed by atoms with E-state index in [1.807, 2.05) is 0 Å². The molecular formula is C17H9F3N2O. The van der Waals surface area contributed by atoms with Gasteiger partial charge in [0.1, 0.15) is 17.7 Å². The molecule has 0 radical (unpaired) electrons. The van der Waals surface area contributed by atoms with Gasteiger partial charge in [0, 0.05) is 11.1 Å². The van der Waals surface area contributed by atoms with Crippen LogP contribution in [0.5, 0.6) is 0 Å². The molecule has 6 heteroatoms. The van der Waals surface area contributed by atoms with E-state index in [2.05, 4.69) is 4.98 Å². The first kappa shape index (κ1) is 15.0. The molecule has 0 atom stereocenters. The number of pyridine rings is 1. The molecule has 23 heavy (non-hydrogen) atoms. The molecule has 1 heterocycles. The number of ketones is 1. The average molecular weight is 314 g/mol. The van der Waals surface area contributed by atoms with Crippen molar-refractivity contribution in [1.82, 2.24) is 4.98 Å². The normalized spacial score (nSPS) is 15.4. The van der Waals surface area contributed by atoms with Crippen LogP contribution in [0.25, 0.3) is 6.08 Å². The van der Waals surface area contributed by atoms with Crippen LogP contribution in [0.3, 0.4) is 0 Å². The maximum absolute atomic E-state index is 13.9. The maximum atomic E-state index is 13.9. The second-order valence-electron chi connectivity index (χ2n) is 5.06. The Balaban J connectivity index is 2.05. The van der Waals surface area contributed by atoms with E-state index in [9.17, 15) is 18.0 Å². The van der Waals surface area contributed by atoms with Gasteiger partial charge in [0.05, 0.1) is 11.3 Å². The van der Waals surface area contributed by atoms with Crippen LogP contribution in [0.4, 0.5) is 13.2 Å². The van der Waals surface area contributed by atoms with Crippen molar-refractivity contribution in [1.29, 1.82) is 5.26 Å². The molecule has 1 aromatic heterocycles. The van der Waals surface area contributed by atoms with Crippen LogP contribution >= 0.6 is 0 Å². The number of hydrogen-bond donors (Lipinski definition) is 0. The number of aromatic nitrogens is 1. The summed E-state index contributed by atoms with van der Waals surface area (Å²) in [5.41, 5.74) is -0.140. The molecule has 0 N–H and O–H groups in total. The monoisotopic (exact) mass is 314 g/mol. The number of benzene rings is 1. The largest absolute Gasteiger partial charge is 0.289 e. The van der Waals surface area contributed by atoms with Gasteiger partial charge < -0.3 is 0 Å². The lowest BCUT2D eigenvalue weighted by Gasteiger charge is -2.18. The van der Waals surface area contributed by atoms with Crippen LogP contribution in [0, 0.1) is 28.8 Å². The summed E-state index contributed by atoms with van der Waals surface area (Å²) in [6, 6.07) is 5.90. The van der Waals surface area contributed by atoms with E-state index in [1.54, 1.807) is 6.07 Å². The van der Waals surface area contributed by atoms with Crippen molar-refractivity contribution in [3.8, 4) is 6.07 Å². The summed E-state index contributed by atoms with van der Waals surface area (Å²) in [5, 5.41) is 8.77. The van der Waals surface area contributed by atoms with Gasteiger partial charge in [-0.25, -0.2) is 18.2 Å². The summed E-state index contributed by atoms with van der Waals surface area (Å²) in [4.78, 5) is 16.2. The first-order chi connectivity index (χ1) is 11.0. The van der Waals surface area contributed by atoms with E-state index in [4.69, 9.17) is 5.26 Å². The Morgan fingerprint density at radius 1 is 1.04 bits per heavy atom. The maximum Gasteiger partial charge on any atom is 0.192 e. The summed E-state index contributed by atoms with van der Waals surface area (Å²) in [6.07, 6.45) is 1.77. The number of halogens is 3. The lowest BCUT2D eigenvalue weighted by atomic mass is 9.85. The molecular weight excluding hydrogens is 305 g/mol. The number of carbonyl (C=O) groups excluding carboxylic acids is 1. The summed E-state index contributed by atoms with van der Waals surface area (Å²) < 4.78 is 40.8. The molecule has 0 saturated carbocycles. The molecule has 3 nitrogen and oxygen atoms in total. The minimum Gasteiger partial charge on any atom is -0.289 e. The Morgan fingerprint density at radius 3 is 2.48 bits per heavy atom. The van der Waals surface area contributed by atoms with Crippen molar-refractivity contribution in [3.63, 3.8) is 0 Å². The molecule has 0 unspecified atom stereocenters. The van der Waals surface area contributed by atoms with Gasteiger partial charge in [-0.15, -0.1) is 0 Å². The number of nitriles is 1. The molecule has 1 aliphatic rings. The Morgan fingerprint density at radius 2 is 1.74 bits per heavy atom. The predicted molar refractivity (Wildman–Crippen MR) is 75.9 cm³/mol. The molecule has 0 spiro atoms. The third-order valence-electron chi connectivity index (χ3n) is 3.66. The molecule has 3 rings (SSSR count). The summed E-state index contributed by atoms with van der Waals surface area (Å²) in [6.45, 7) is 0. The highest BCUT2D eigenvalue weighted by Crippen LogP contribution is 2.30. The number of nitrogens with zero attached hydrogens (tertiary/aromatic N) is 2. The Hall–Kier alpha value is -2.94. The van der Waals surface area contributed by atoms with Crippen molar-refractivity contribution in [2.75, 3.05) is 0 Å². The van der Waals surface area contributed by atoms with Gasteiger partial charge in [-0.2, -0.15) is 5.26 Å². The van der Waals surface area contributed by atoms with Crippen LogP contribution < -0.4 is 0 Å². The fourth-order valence-electron chi connectivity index (χ4n) is 2.55. The van der Waals surface area contributed by atoms with Gasteiger partial charge in [-0.05, 0) is 43.2 Å². The third kappa shape index (κ3) is 2.61. The highest BCUT2D eigenvalue weighted by Gasteiger charge is 2.27. The quantitative estimate of drug-likeness (QED) is 0.756. The molecule has 0 amide bonds. The fraction of sp³-hybridized carbons (Fsp3) is 0.118. The van der Waals surface area contributed by atoms with E-state index in [1.165, 1.54) is 12.1 Å². The van der Waals surface area contributed by atoms with Crippen LogP contribution in [-0.4, -0.2) is 10.8 Å². The van der Waals surface area contributed by atoms with E-state index in [0.29, 0.717) is 0 Å². The van der Waals surface area contributed by atoms with Gasteiger partial charge in [-0.3, -0.25) is 4.79 Å². The standard InChI is InChI=1S/C17H9F3N2O/c18-12-5-6-14(20)16-11(12)3-1-9(17(16)23)7-10-2-4-13(19)15(8-21)22-10/h2,4-7H,1,3H2/b9-7+. The highest BCUT2D eigenvalue weighted by molar-refractivity contribution is 6.13. The first-order valence-electron chi connectivity index (χ1n) is 6.80. The number of rotatable bonds is 1. The number of hydrogen-bond acceptors (Lipinski definition) is 3. The molecule has 1 aromatic carbocycles. The number of fused-ring (bicyclic) bond motifs is 1. The van der Waals surface area contributed by atoms with Crippen molar-refractivity contribution < 1.29 is 18.0 Å². The topological polar surface area (TPSA) is 53.8 Å².